The molecule has 0 unspecified atom stereocenters. The van der Waals surface area contributed by atoms with Crippen LogP contribution in [-0.4, -0.2) is 23.2 Å². The summed E-state index contributed by atoms with van der Waals surface area (Å²) in [7, 11) is 1.58. The van der Waals surface area contributed by atoms with Crippen molar-refractivity contribution in [3.63, 3.8) is 0 Å². The van der Waals surface area contributed by atoms with Gasteiger partial charge in [0.1, 0.15) is 5.75 Å². The van der Waals surface area contributed by atoms with Gasteiger partial charge in [-0.2, -0.15) is 0 Å². The molecule has 0 atom stereocenters. The maximum absolute atomic E-state index is 12.2. The minimum absolute atomic E-state index is 0.279. The predicted octanol–water partition coefficient (Wildman–Crippen LogP) is 3.00. The minimum Gasteiger partial charge on any atom is -0.497 e. The van der Waals surface area contributed by atoms with Crippen LogP contribution in [0.25, 0.3) is 0 Å². The van der Waals surface area contributed by atoms with Crippen LogP contribution in [0.1, 0.15) is 20.7 Å². The van der Waals surface area contributed by atoms with Crippen LogP contribution in [0.2, 0.25) is 0 Å². The van der Waals surface area contributed by atoms with Gasteiger partial charge >= 0.3 is 0 Å². The van der Waals surface area contributed by atoms with Gasteiger partial charge in [-0.05, 0) is 42.3 Å². The van der Waals surface area contributed by atoms with E-state index < -0.39 is 0 Å². The number of carbonyl (C=O) groups is 2. The van der Waals surface area contributed by atoms with Crippen LogP contribution in [0.3, 0.4) is 0 Å². The maximum Gasteiger partial charge on any atom is 0.272 e. The molecule has 0 spiro atoms. The van der Waals surface area contributed by atoms with Crippen molar-refractivity contribution >= 4 is 23.8 Å². The Hall–Kier alpha value is -2.27. The minimum atomic E-state index is -0.279. The molecule has 0 saturated carbocycles. The zero-order chi connectivity index (χ0) is 14.1. The van der Waals surface area contributed by atoms with Crippen LogP contribution in [0.4, 0.5) is 0 Å². The van der Waals surface area contributed by atoms with E-state index in [1.165, 1.54) is 4.31 Å². The summed E-state index contributed by atoms with van der Waals surface area (Å²) in [6, 6.07) is 14.1. The lowest BCUT2D eigenvalue weighted by molar-refractivity contribution is 0.0777. The van der Waals surface area contributed by atoms with Gasteiger partial charge in [0.05, 0.1) is 18.2 Å². The highest BCUT2D eigenvalue weighted by Crippen LogP contribution is 2.33. The van der Waals surface area contributed by atoms with Crippen LogP contribution in [0.5, 0.6) is 5.75 Å². The van der Waals surface area contributed by atoms with Gasteiger partial charge < -0.3 is 4.74 Å². The topological polar surface area (TPSA) is 46.6 Å². The average Bonchev–Trinajstić information content (AvgIpc) is 2.73. The van der Waals surface area contributed by atoms with Crippen molar-refractivity contribution in [3.05, 3.63) is 59.7 Å². The van der Waals surface area contributed by atoms with E-state index in [-0.39, 0.29) is 11.8 Å². The van der Waals surface area contributed by atoms with Gasteiger partial charge in [-0.25, -0.2) is 4.31 Å². The third kappa shape index (κ3) is 2.06. The number of imide groups is 1. The Morgan fingerprint density at radius 2 is 1.60 bits per heavy atom. The lowest BCUT2D eigenvalue weighted by Gasteiger charge is -2.12. The number of benzene rings is 2. The molecule has 1 aliphatic heterocycles. The average molecular weight is 285 g/mol. The molecular weight excluding hydrogens is 274 g/mol. The van der Waals surface area contributed by atoms with E-state index in [2.05, 4.69) is 0 Å². The number of hydrogen-bond donors (Lipinski definition) is 0. The number of fused-ring (bicyclic) bond motifs is 1. The molecule has 0 aromatic heterocycles. The maximum atomic E-state index is 12.2. The third-order valence-electron chi connectivity index (χ3n) is 2.99. The van der Waals surface area contributed by atoms with Gasteiger partial charge in [0, 0.05) is 4.90 Å². The normalized spacial score (nSPS) is 13.6. The molecule has 4 nitrogen and oxygen atoms in total. The summed E-state index contributed by atoms with van der Waals surface area (Å²) in [5.74, 6) is 0.128. The number of carbonyl (C=O) groups excluding carboxylic acids is 2. The van der Waals surface area contributed by atoms with Gasteiger partial charge in [0.2, 0.25) is 0 Å². The van der Waals surface area contributed by atoms with E-state index >= 15 is 0 Å². The van der Waals surface area contributed by atoms with Gasteiger partial charge in [-0.1, -0.05) is 18.2 Å². The first-order valence-corrected chi connectivity index (χ1v) is 6.78. The summed E-state index contributed by atoms with van der Waals surface area (Å²) in [5, 5.41) is 0. The molecule has 0 saturated heterocycles. The molecule has 0 aliphatic carbocycles. The van der Waals surface area contributed by atoms with E-state index in [9.17, 15) is 9.59 Å². The lowest BCUT2D eigenvalue weighted by Crippen LogP contribution is -2.21. The smallest absolute Gasteiger partial charge is 0.272 e. The van der Waals surface area contributed by atoms with Gasteiger partial charge in [0.25, 0.3) is 11.8 Å². The quantitative estimate of drug-likeness (QED) is 0.642. The zero-order valence-electron chi connectivity index (χ0n) is 10.7. The van der Waals surface area contributed by atoms with E-state index in [4.69, 9.17) is 4.74 Å². The largest absolute Gasteiger partial charge is 0.497 e. The highest BCUT2D eigenvalue weighted by Gasteiger charge is 2.36. The summed E-state index contributed by atoms with van der Waals surface area (Å²) in [6.45, 7) is 0. The van der Waals surface area contributed by atoms with Crippen molar-refractivity contribution in [2.45, 2.75) is 4.90 Å². The van der Waals surface area contributed by atoms with Gasteiger partial charge in [-0.15, -0.1) is 0 Å². The van der Waals surface area contributed by atoms with Crippen molar-refractivity contribution in [2.24, 2.45) is 0 Å². The summed E-state index contributed by atoms with van der Waals surface area (Å²) < 4.78 is 6.31. The Balaban J connectivity index is 1.89. The summed E-state index contributed by atoms with van der Waals surface area (Å²) >= 11 is 1.11. The molecule has 0 bridgehead atoms. The fourth-order valence-electron chi connectivity index (χ4n) is 2.01. The Labute approximate surface area is 120 Å². The van der Waals surface area contributed by atoms with Crippen LogP contribution >= 0.6 is 11.9 Å². The first-order chi connectivity index (χ1) is 9.70. The third-order valence-corrected chi connectivity index (χ3v) is 3.97. The highest BCUT2D eigenvalue weighted by atomic mass is 32.2. The number of nitrogens with zero attached hydrogens (tertiary/aromatic N) is 1. The highest BCUT2D eigenvalue weighted by molar-refractivity contribution is 7.98. The fourth-order valence-corrected chi connectivity index (χ4v) is 2.90. The molecule has 100 valence electrons. The van der Waals surface area contributed by atoms with Crippen LogP contribution < -0.4 is 4.74 Å². The standard InChI is InChI=1S/C15H11NO3S/c1-19-10-5-4-6-11(9-10)20-16-14(17)12-7-2-3-8-13(12)15(16)18/h2-9H,1H3. The Bertz CT molecular complexity index is 664. The number of methoxy groups -OCH3 is 1. The Kier molecular flexibility index (Phi) is 3.20. The van der Waals surface area contributed by atoms with Crippen LogP contribution in [-0.2, 0) is 0 Å². The molecule has 2 aromatic carbocycles. The van der Waals surface area contributed by atoms with E-state index in [1.807, 2.05) is 18.2 Å². The fraction of sp³-hybridized carbons (Fsp3) is 0.0667. The summed E-state index contributed by atoms with van der Waals surface area (Å²) in [5.41, 5.74) is 0.904. The van der Waals surface area contributed by atoms with Crippen LogP contribution in [0.15, 0.2) is 53.4 Å². The molecule has 1 heterocycles. The van der Waals surface area contributed by atoms with Crippen molar-refractivity contribution in [1.82, 2.24) is 4.31 Å². The Morgan fingerprint density at radius 3 is 2.20 bits per heavy atom. The second-order valence-electron chi connectivity index (χ2n) is 4.22. The molecule has 1 aliphatic rings. The molecule has 2 amide bonds. The van der Waals surface area contributed by atoms with E-state index in [0.717, 1.165) is 16.8 Å². The van der Waals surface area contributed by atoms with Crippen LogP contribution in [0, 0.1) is 0 Å². The van der Waals surface area contributed by atoms with E-state index in [1.54, 1.807) is 37.4 Å². The first kappa shape index (κ1) is 12.7. The molecule has 2 aromatic rings. The van der Waals surface area contributed by atoms with E-state index in [0.29, 0.717) is 16.9 Å². The Morgan fingerprint density at radius 1 is 0.950 bits per heavy atom. The van der Waals surface area contributed by atoms with Gasteiger partial charge in [0.15, 0.2) is 0 Å². The summed E-state index contributed by atoms with van der Waals surface area (Å²) in [4.78, 5) is 25.2. The second kappa shape index (κ2) is 5.02. The lowest BCUT2D eigenvalue weighted by atomic mass is 10.1. The van der Waals surface area contributed by atoms with Crippen molar-refractivity contribution < 1.29 is 14.3 Å². The molecule has 5 heteroatoms. The molecule has 0 radical (unpaired) electrons. The van der Waals surface area contributed by atoms with Crippen molar-refractivity contribution in [2.75, 3.05) is 7.11 Å². The SMILES string of the molecule is COc1cccc(SN2C(=O)c3ccccc3C2=O)c1. The zero-order valence-corrected chi connectivity index (χ0v) is 11.5. The molecule has 0 N–H and O–H groups in total. The molecular formula is C15H11NO3S. The number of hydrogen-bond acceptors (Lipinski definition) is 4. The predicted molar refractivity (Wildman–Crippen MR) is 75.8 cm³/mol. The van der Waals surface area contributed by atoms with Crippen molar-refractivity contribution in [1.29, 1.82) is 0 Å². The molecule has 0 fully saturated rings. The van der Waals surface area contributed by atoms with Crippen molar-refractivity contribution in [3.8, 4) is 5.75 Å². The first-order valence-electron chi connectivity index (χ1n) is 6.00. The number of ether oxygens (including phenoxy) is 1. The monoisotopic (exact) mass is 285 g/mol. The second-order valence-corrected chi connectivity index (χ2v) is 5.24. The number of amides is 2. The molecule has 3 rings (SSSR count). The number of rotatable bonds is 3. The van der Waals surface area contributed by atoms with Gasteiger partial charge in [-0.3, -0.25) is 9.59 Å². The summed E-state index contributed by atoms with van der Waals surface area (Å²) in [6.07, 6.45) is 0. The molecule has 20 heavy (non-hydrogen) atoms.